The summed E-state index contributed by atoms with van der Waals surface area (Å²) < 4.78 is 5.82. The van der Waals surface area contributed by atoms with Gasteiger partial charge in [0.2, 0.25) is 0 Å². The first kappa shape index (κ1) is 14.4. The highest BCUT2D eigenvalue weighted by atomic mass is 16.5. The Morgan fingerprint density at radius 2 is 2.32 bits per heavy atom. The predicted octanol–water partition coefficient (Wildman–Crippen LogP) is 2.43. The Morgan fingerprint density at radius 3 is 3.11 bits per heavy atom. The second-order valence-electron chi connectivity index (χ2n) is 5.55. The van der Waals surface area contributed by atoms with Gasteiger partial charge >= 0.3 is 0 Å². The molecule has 0 amide bonds. The molecule has 0 aliphatic carbocycles. The van der Waals surface area contributed by atoms with E-state index in [-0.39, 0.29) is 0 Å². The average molecular weight is 262 g/mol. The molecule has 1 saturated heterocycles. The molecule has 1 aromatic rings. The van der Waals surface area contributed by atoms with Crippen molar-refractivity contribution in [2.24, 2.45) is 11.7 Å². The van der Waals surface area contributed by atoms with Crippen molar-refractivity contribution in [3.63, 3.8) is 0 Å². The van der Waals surface area contributed by atoms with Crippen LogP contribution in [0.5, 0.6) is 5.75 Å². The number of rotatable bonds is 6. The number of aryl methyl sites for hydroxylation is 1. The van der Waals surface area contributed by atoms with E-state index < -0.39 is 0 Å². The first-order chi connectivity index (χ1) is 9.28. The van der Waals surface area contributed by atoms with Crippen molar-refractivity contribution < 1.29 is 4.74 Å². The van der Waals surface area contributed by atoms with Gasteiger partial charge in [0.05, 0.1) is 0 Å². The Morgan fingerprint density at radius 1 is 1.42 bits per heavy atom. The van der Waals surface area contributed by atoms with E-state index in [2.05, 4.69) is 24.0 Å². The Bertz CT molecular complexity index is 379. The smallest absolute Gasteiger partial charge is 0.119 e. The lowest BCUT2D eigenvalue weighted by atomic mass is 9.95. The van der Waals surface area contributed by atoms with Gasteiger partial charge in [0.25, 0.3) is 0 Å². The number of benzene rings is 1. The normalized spacial score (nSPS) is 20.4. The van der Waals surface area contributed by atoms with Crippen molar-refractivity contribution in [1.82, 2.24) is 4.90 Å². The van der Waals surface area contributed by atoms with Crippen LogP contribution < -0.4 is 10.5 Å². The topological polar surface area (TPSA) is 38.5 Å². The molecule has 1 aliphatic heterocycles. The summed E-state index contributed by atoms with van der Waals surface area (Å²) in [5, 5.41) is 0. The maximum absolute atomic E-state index is 5.82. The van der Waals surface area contributed by atoms with Gasteiger partial charge in [-0.2, -0.15) is 0 Å². The van der Waals surface area contributed by atoms with Gasteiger partial charge in [-0.1, -0.05) is 12.1 Å². The zero-order chi connectivity index (χ0) is 13.5. The summed E-state index contributed by atoms with van der Waals surface area (Å²) in [6, 6.07) is 8.26. The van der Waals surface area contributed by atoms with Crippen molar-refractivity contribution in [2.75, 3.05) is 32.8 Å². The molecule has 0 radical (unpaired) electrons. The molecular formula is C16H26N2O. The van der Waals surface area contributed by atoms with Gasteiger partial charge < -0.3 is 10.5 Å². The summed E-state index contributed by atoms with van der Waals surface area (Å²) >= 11 is 0. The lowest BCUT2D eigenvalue weighted by Crippen LogP contribution is -2.38. The van der Waals surface area contributed by atoms with E-state index in [0.717, 1.165) is 37.8 Å². The van der Waals surface area contributed by atoms with Crippen LogP contribution in [0.4, 0.5) is 0 Å². The van der Waals surface area contributed by atoms with Gasteiger partial charge in [0.1, 0.15) is 12.4 Å². The van der Waals surface area contributed by atoms with E-state index in [0.29, 0.717) is 0 Å². The van der Waals surface area contributed by atoms with Gasteiger partial charge in [-0.25, -0.2) is 0 Å². The summed E-state index contributed by atoms with van der Waals surface area (Å²) in [4.78, 5) is 2.51. The van der Waals surface area contributed by atoms with Gasteiger partial charge in [-0.15, -0.1) is 0 Å². The van der Waals surface area contributed by atoms with Crippen LogP contribution in [0.2, 0.25) is 0 Å². The number of hydrogen-bond donors (Lipinski definition) is 1. The molecule has 0 aromatic heterocycles. The minimum Gasteiger partial charge on any atom is -0.492 e. The van der Waals surface area contributed by atoms with Gasteiger partial charge in [-0.05, 0) is 62.9 Å². The summed E-state index contributed by atoms with van der Waals surface area (Å²) in [7, 11) is 0. The molecule has 106 valence electrons. The highest BCUT2D eigenvalue weighted by molar-refractivity contribution is 5.27. The minimum absolute atomic E-state index is 0.777. The van der Waals surface area contributed by atoms with Crippen molar-refractivity contribution in [1.29, 1.82) is 0 Å². The molecule has 0 bridgehead atoms. The van der Waals surface area contributed by atoms with Gasteiger partial charge in [-0.3, -0.25) is 4.90 Å². The summed E-state index contributed by atoms with van der Waals surface area (Å²) in [6.07, 6.45) is 3.80. The minimum atomic E-state index is 0.777. The molecule has 3 nitrogen and oxygen atoms in total. The third-order valence-corrected chi connectivity index (χ3v) is 3.84. The Balaban J connectivity index is 1.70. The number of nitrogens with zero attached hydrogens (tertiary/aromatic N) is 1. The maximum atomic E-state index is 5.82. The molecule has 2 rings (SSSR count). The highest BCUT2D eigenvalue weighted by Crippen LogP contribution is 2.19. The number of piperidine rings is 1. The van der Waals surface area contributed by atoms with Crippen LogP contribution in [0.1, 0.15) is 24.8 Å². The molecule has 1 aromatic carbocycles. The Labute approximate surface area is 116 Å². The third kappa shape index (κ3) is 4.84. The third-order valence-electron chi connectivity index (χ3n) is 3.84. The van der Waals surface area contributed by atoms with Crippen molar-refractivity contribution >= 4 is 0 Å². The van der Waals surface area contributed by atoms with Gasteiger partial charge in [0.15, 0.2) is 0 Å². The highest BCUT2D eigenvalue weighted by Gasteiger charge is 2.18. The van der Waals surface area contributed by atoms with Crippen molar-refractivity contribution in [3.8, 4) is 5.75 Å². The fourth-order valence-electron chi connectivity index (χ4n) is 2.82. The largest absolute Gasteiger partial charge is 0.492 e. The SMILES string of the molecule is Cc1cccc(OCCN2CCCC(CCN)C2)c1. The fraction of sp³-hybridized carbons (Fsp3) is 0.625. The molecule has 1 heterocycles. The first-order valence-corrected chi connectivity index (χ1v) is 7.40. The van der Waals surface area contributed by atoms with Crippen molar-refractivity contribution in [3.05, 3.63) is 29.8 Å². The van der Waals surface area contributed by atoms with Crippen LogP contribution in [-0.2, 0) is 0 Å². The lowest BCUT2D eigenvalue weighted by Gasteiger charge is -2.32. The van der Waals surface area contributed by atoms with Gasteiger partial charge in [0, 0.05) is 13.1 Å². The quantitative estimate of drug-likeness (QED) is 0.855. The van der Waals surface area contributed by atoms with E-state index >= 15 is 0 Å². The fourth-order valence-corrected chi connectivity index (χ4v) is 2.82. The second-order valence-corrected chi connectivity index (χ2v) is 5.55. The summed E-state index contributed by atoms with van der Waals surface area (Å²) in [5.74, 6) is 1.77. The number of likely N-dealkylation sites (tertiary alicyclic amines) is 1. The van der Waals surface area contributed by atoms with E-state index in [4.69, 9.17) is 10.5 Å². The zero-order valence-electron chi connectivity index (χ0n) is 12.0. The predicted molar refractivity (Wildman–Crippen MR) is 79.5 cm³/mol. The molecular weight excluding hydrogens is 236 g/mol. The lowest BCUT2D eigenvalue weighted by molar-refractivity contribution is 0.144. The molecule has 0 spiro atoms. The number of ether oxygens (including phenoxy) is 1. The number of nitrogens with two attached hydrogens (primary N) is 1. The molecule has 1 atom stereocenters. The van der Waals surface area contributed by atoms with E-state index in [9.17, 15) is 0 Å². The first-order valence-electron chi connectivity index (χ1n) is 7.40. The molecule has 3 heteroatoms. The van der Waals surface area contributed by atoms with E-state index in [1.165, 1.54) is 31.5 Å². The molecule has 1 fully saturated rings. The Hall–Kier alpha value is -1.06. The molecule has 1 aliphatic rings. The van der Waals surface area contributed by atoms with Crippen molar-refractivity contribution in [2.45, 2.75) is 26.2 Å². The van der Waals surface area contributed by atoms with Crippen LogP contribution in [0.3, 0.4) is 0 Å². The van der Waals surface area contributed by atoms with Crippen LogP contribution >= 0.6 is 0 Å². The monoisotopic (exact) mass is 262 g/mol. The average Bonchev–Trinajstić information content (AvgIpc) is 2.40. The zero-order valence-corrected chi connectivity index (χ0v) is 12.0. The maximum Gasteiger partial charge on any atom is 0.119 e. The molecule has 0 saturated carbocycles. The second kappa shape index (κ2) is 7.51. The molecule has 19 heavy (non-hydrogen) atoms. The van der Waals surface area contributed by atoms with E-state index in [1.807, 2.05) is 12.1 Å². The van der Waals surface area contributed by atoms with Crippen LogP contribution in [0, 0.1) is 12.8 Å². The molecule has 2 N–H and O–H groups in total. The Kier molecular flexibility index (Phi) is 5.67. The molecule has 1 unspecified atom stereocenters. The van der Waals surface area contributed by atoms with Crippen LogP contribution in [-0.4, -0.2) is 37.7 Å². The van der Waals surface area contributed by atoms with Crippen LogP contribution in [0.15, 0.2) is 24.3 Å². The van der Waals surface area contributed by atoms with E-state index in [1.54, 1.807) is 0 Å². The summed E-state index contributed by atoms with van der Waals surface area (Å²) in [5.41, 5.74) is 6.90. The van der Waals surface area contributed by atoms with Crippen LogP contribution in [0.25, 0.3) is 0 Å². The summed E-state index contributed by atoms with van der Waals surface area (Å²) in [6.45, 7) is 7.10. The number of hydrogen-bond acceptors (Lipinski definition) is 3. The standard InChI is InChI=1S/C16H26N2O/c1-14-4-2-6-16(12-14)19-11-10-18-9-3-5-15(13-18)7-8-17/h2,4,6,12,15H,3,5,7-11,13,17H2,1H3.